The number of hydrogen-bond acceptors (Lipinski definition) is 4. The van der Waals surface area contributed by atoms with Crippen LogP contribution in [0, 0.1) is 0 Å². The molecule has 5 nitrogen and oxygen atoms in total. The van der Waals surface area contributed by atoms with Crippen LogP contribution < -0.4 is 5.32 Å². The Bertz CT molecular complexity index is 981. The highest BCUT2D eigenvalue weighted by molar-refractivity contribution is 5.36. The van der Waals surface area contributed by atoms with Gasteiger partial charge in [-0.1, -0.05) is 54.6 Å². The number of aromatic nitrogens is 4. The van der Waals surface area contributed by atoms with E-state index in [1.165, 1.54) is 16.7 Å². The summed E-state index contributed by atoms with van der Waals surface area (Å²) in [5.74, 6) is 1.66. The fraction of sp³-hybridized carbons (Fsp3) is 0.136. The third-order valence-corrected chi connectivity index (χ3v) is 4.28. The Hall–Kier alpha value is -3.47. The zero-order chi connectivity index (χ0) is 18.3. The van der Waals surface area contributed by atoms with E-state index in [1.54, 1.807) is 6.20 Å². The van der Waals surface area contributed by atoms with Crippen molar-refractivity contribution in [2.45, 2.75) is 19.5 Å². The summed E-state index contributed by atoms with van der Waals surface area (Å²) in [6, 6.07) is 22.6. The Morgan fingerprint density at radius 3 is 2.52 bits per heavy atom. The summed E-state index contributed by atoms with van der Waals surface area (Å²) in [7, 11) is 0. The molecule has 134 valence electrons. The molecular weight excluding hydrogens is 334 g/mol. The first-order chi connectivity index (χ1) is 13.3. The van der Waals surface area contributed by atoms with Crippen LogP contribution in [0.3, 0.4) is 0 Å². The minimum absolute atomic E-state index is 0.717. The third kappa shape index (κ3) is 4.79. The summed E-state index contributed by atoms with van der Waals surface area (Å²) < 4.78 is 1.92. The molecule has 1 N–H and O–H groups in total. The van der Waals surface area contributed by atoms with Crippen LogP contribution in [0.2, 0.25) is 0 Å². The molecule has 27 heavy (non-hydrogen) atoms. The van der Waals surface area contributed by atoms with Crippen molar-refractivity contribution in [1.82, 2.24) is 19.7 Å². The van der Waals surface area contributed by atoms with E-state index in [-0.39, 0.29) is 0 Å². The van der Waals surface area contributed by atoms with E-state index < -0.39 is 0 Å². The van der Waals surface area contributed by atoms with Gasteiger partial charge in [0.15, 0.2) is 0 Å². The van der Waals surface area contributed by atoms with Crippen LogP contribution >= 0.6 is 0 Å². The maximum Gasteiger partial charge on any atom is 0.135 e. The molecule has 0 unspecified atom stereocenters. The first kappa shape index (κ1) is 17.0. The lowest BCUT2D eigenvalue weighted by atomic mass is 10.1. The SMILES string of the molecule is c1ccc(Cc2nccc(NCc3cccc(Cn4cccn4)c3)n2)cc1. The highest BCUT2D eigenvalue weighted by Crippen LogP contribution is 2.11. The Morgan fingerprint density at radius 1 is 0.815 bits per heavy atom. The lowest BCUT2D eigenvalue weighted by molar-refractivity contribution is 0.686. The standard InChI is InChI=1S/C22H21N5/c1-2-6-18(7-3-1)15-22-23-12-10-21(26-22)24-16-19-8-4-9-20(14-19)17-27-13-5-11-25-27/h1-14H,15-17H2,(H,23,24,26). The molecule has 4 aromatic rings. The third-order valence-electron chi connectivity index (χ3n) is 4.28. The molecule has 0 atom stereocenters. The van der Waals surface area contributed by atoms with Crippen LogP contribution in [-0.4, -0.2) is 19.7 Å². The zero-order valence-electron chi connectivity index (χ0n) is 15.0. The van der Waals surface area contributed by atoms with Crippen LogP contribution in [0.15, 0.2) is 85.3 Å². The van der Waals surface area contributed by atoms with Gasteiger partial charge in [0, 0.05) is 31.6 Å². The van der Waals surface area contributed by atoms with Crippen molar-refractivity contribution in [2.75, 3.05) is 5.32 Å². The van der Waals surface area contributed by atoms with Crippen LogP contribution in [0.4, 0.5) is 5.82 Å². The van der Waals surface area contributed by atoms with Crippen molar-refractivity contribution in [3.63, 3.8) is 0 Å². The average molecular weight is 355 g/mol. The summed E-state index contributed by atoms with van der Waals surface area (Å²) in [5, 5.41) is 7.66. The monoisotopic (exact) mass is 355 g/mol. The number of nitrogens with zero attached hydrogens (tertiary/aromatic N) is 4. The van der Waals surface area contributed by atoms with E-state index in [4.69, 9.17) is 0 Å². The molecular formula is C22H21N5. The van der Waals surface area contributed by atoms with Gasteiger partial charge >= 0.3 is 0 Å². The summed E-state index contributed by atoms with van der Waals surface area (Å²) in [4.78, 5) is 9.01. The van der Waals surface area contributed by atoms with Gasteiger partial charge in [0.1, 0.15) is 11.6 Å². The van der Waals surface area contributed by atoms with E-state index in [1.807, 2.05) is 47.4 Å². The highest BCUT2D eigenvalue weighted by atomic mass is 15.3. The summed E-state index contributed by atoms with van der Waals surface area (Å²) in [6.45, 7) is 1.49. The van der Waals surface area contributed by atoms with Crippen molar-refractivity contribution in [1.29, 1.82) is 0 Å². The second-order valence-electron chi connectivity index (χ2n) is 6.40. The van der Waals surface area contributed by atoms with E-state index in [2.05, 4.69) is 56.8 Å². The Kier molecular flexibility index (Phi) is 5.20. The molecule has 4 rings (SSSR count). The second-order valence-corrected chi connectivity index (χ2v) is 6.40. The topological polar surface area (TPSA) is 55.6 Å². The fourth-order valence-corrected chi connectivity index (χ4v) is 2.97. The first-order valence-corrected chi connectivity index (χ1v) is 9.00. The lowest BCUT2D eigenvalue weighted by Gasteiger charge is -2.09. The van der Waals surface area contributed by atoms with Crippen LogP contribution in [0.1, 0.15) is 22.5 Å². The van der Waals surface area contributed by atoms with Gasteiger partial charge in [-0.05, 0) is 28.8 Å². The number of hydrogen-bond donors (Lipinski definition) is 1. The molecule has 0 radical (unpaired) electrons. The zero-order valence-corrected chi connectivity index (χ0v) is 15.0. The van der Waals surface area contributed by atoms with Gasteiger partial charge in [0.05, 0.1) is 6.54 Å². The van der Waals surface area contributed by atoms with E-state index in [0.29, 0.717) is 0 Å². The van der Waals surface area contributed by atoms with Crippen molar-refractivity contribution < 1.29 is 0 Å². The first-order valence-electron chi connectivity index (χ1n) is 9.00. The molecule has 5 heteroatoms. The fourth-order valence-electron chi connectivity index (χ4n) is 2.97. The lowest BCUT2D eigenvalue weighted by Crippen LogP contribution is -2.05. The van der Waals surface area contributed by atoms with Gasteiger partial charge in [0.2, 0.25) is 0 Å². The summed E-state index contributed by atoms with van der Waals surface area (Å²) in [5.41, 5.74) is 3.65. The molecule has 0 aliphatic heterocycles. The van der Waals surface area contributed by atoms with E-state index in [0.717, 1.165) is 31.2 Å². The van der Waals surface area contributed by atoms with Gasteiger partial charge in [-0.15, -0.1) is 0 Å². The Morgan fingerprint density at radius 2 is 1.67 bits per heavy atom. The molecule has 0 amide bonds. The molecule has 2 aromatic carbocycles. The number of rotatable bonds is 7. The molecule has 0 fully saturated rings. The molecule has 0 saturated carbocycles. The predicted octanol–water partition coefficient (Wildman–Crippen LogP) is 3.92. The van der Waals surface area contributed by atoms with Crippen LogP contribution in [0.25, 0.3) is 0 Å². The number of benzene rings is 2. The van der Waals surface area contributed by atoms with Crippen molar-refractivity contribution in [3.05, 3.63) is 108 Å². The highest BCUT2D eigenvalue weighted by Gasteiger charge is 2.02. The minimum Gasteiger partial charge on any atom is -0.366 e. The van der Waals surface area contributed by atoms with Gasteiger partial charge in [-0.25, -0.2) is 9.97 Å². The normalized spacial score (nSPS) is 10.7. The van der Waals surface area contributed by atoms with Gasteiger partial charge in [-0.3, -0.25) is 4.68 Å². The smallest absolute Gasteiger partial charge is 0.135 e. The van der Waals surface area contributed by atoms with Gasteiger partial charge in [-0.2, -0.15) is 5.10 Å². The second kappa shape index (κ2) is 8.27. The van der Waals surface area contributed by atoms with Crippen LogP contribution in [-0.2, 0) is 19.5 Å². The molecule has 0 saturated heterocycles. The van der Waals surface area contributed by atoms with Crippen LogP contribution in [0.5, 0.6) is 0 Å². The van der Waals surface area contributed by atoms with Crippen molar-refractivity contribution in [3.8, 4) is 0 Å². The van der Waals surface area contributed by atoms with E-state index >= 15 is 0 Å². The Labute approximate surface area is 158 Å². The molecule has 0 bridgehead atoms. The van der Waals surface area contributed by atoms with Crippen molar-refractivity contribution in [2.24, 2.45) is 0 Å². The minimum atomic E-state index is 0.717. The van der Waals surface area contributed by atoms with Gasteiger partial charge in [0.25, 0.3) is 0 Å². The maximum absolute atomic E-state index is 4.63. The molecule has 2 heterocycles. The maximum atomic E-state index is 4.63. The Balaban J connectivity index is 1.39. The predicted molar refractivity (Wildman–Crippen MR) is 106 cm³/mol. The quantitative estimate of drug-likeness (QED) is 0.546. The number of nitrogens with one attached hydrogen (secondary N) is 1. The van der Waals surface area contributed by atoms with E-state index in [9.17, 15) is 0 Å². The average Bonchev–Trinajstić information content (AvgIpc) is 3.21. The molecule has 0 aliphatic rings. The molecule has 2 aromatic heterocycles. The number of anilines is 1. The molecule has 0 spiro atoms. The van der Waals surface area contributed by atoms with Gasteiger partial charge < -0.3 is 5.32 Å². The largest absolute Gasteiger partial charge is 0.366 e. The summed E-state index contributed by atoms with van der Waals surface area (Å²) in [6.07, 6.45) is 6.31. The summed E-state index contributed by atoms with van der Waals surface area (Å²) >= 11 is 0. The van der Waals surface area contributed by atoms with Crippen molar-refractivity contribution >= 4 is 5.82 Å². The molecule has 0 aliphatic carbocycles.